The second kappa shape index (κ2) is 12.5. The molecule has 0 spiro atoms. The number of halogens is 1. The topological polar surface area (TPSA) is 67.8 Å². The molecule has 0 aliphatic rings. The van der Waals surface area contributed by atoms with E-state index in [-0.39, 0.29) is 24.0 Å². The van der Waals surface area contributed by atoms with Gasteiger partial charge in [-0.25, -0.2) is 0 Å². The van der Waals surface area contributed by atoms with Crippen LogP contribution in [0, 0.1) is 6.92 Å². The molecule has 142 valence electrons. The maximum absolute atomic E-state index is 5.72. The van der Waals surface area contributed by atoms with Gasteiger partial charge in [-0.15, -0.1) is 24.0 Å². The van der Waals surface area contributed by atoms with E-state index in [2.05, 4.69) is 20.6 Å². The minimum atomic E-state index is 0. The Bertz CT molecular complexity index is 695. The van der Waals surface area contributed by atoms with Gasteiger partial charge in [-0.05, 0) is 31.2 Å². The molecule has 0 atom stereocenters. The van der Waals surface area contributed by atoms with Crippen LogP contribution >= 0.6 is 24.0 Å². The Morgan fingerprint density at radius 1 is 1.15 bits per heavy atom. The van der Waals surface area contributed by atoms with E-state index < -0.39 is 0 Å². The molecule has 0 aliphatic heterocycles. The summed E-state index contributed by atoms with van der Waals surface area (Å²) in [5.41, 5.74) is 2.88. The smallest absolute Gasteiger partial charge is 0.195 e. The van der Waals surface area contributed by atoms with Crippen LogP contribution in [0.2, 0.25) is 0 Å². The maximum atomic E-state index is 5.72. The summed E-state index contributed by atoms with van der Waals surface area (Å²) in [6.45, 7) is 3.91. The molecule has 1 aromatic carbocycles. The van der Waals surface area contributed by atoms with Gasteiger partial charge in [0.25, 0.3) is 0 Å². The van der Waals surface area contributed by atoms with Gasteiger partial charge in [0.05, 0.1) is 18.8 Å². The van der Waals surface area contributed by atoms with E-state index >= 15 is 0 Å². The molecule has 2 aromatic rings. The second-order valence-electron chi connectivity index (χ2n) is 5.54. The number of hydrogen-bond donors (Lipinski definition) is 2. The van der Waals surface area contributed by atoms with Gasteiger partial charge >= 0.3 is 0 Å². The Balaban J connectivity index is 0.00000338. The Labute approximate surface area is 172 Å². The van der Waals surface area contributed by atoms with Gasteiger partial charge in [0.15, 0.2) is 5.96 Å². The fraction of sp³-hybridized carbons (Fsp3) is 0.368. The van der Waals surface area contributed by atoms with Crippen molar-refractivity contribution in [1.82, 2.24) is 10.3 Å². The summed E-state index contributed by atoms with van der Waals surface area (Å²) in [7, 11) is 3.43. The monoisotopic (exact) mass is 470 g/mol. The lowest BCUT2D eigenvalue weighted by Crippen LogP contribution is -2.30. The Hall–Kier alpha value is -1.87. The van der Waals surface area contributed by atoms with Crippen LogP contribution in [0.5, 0.6) is 5.75 Å². The minimum absolute atomic E-state index is 0. The number of aryl methyl sites for hydroxylation is 1. The molecule has 6 nitrogen and oxygen atoms in total. The first-order chi connectivity index (χ1) is 12.2. The highest BCUT2D eigenvalue weighted by atomic mass is 127. The molecule has 1 aromatic heterocycles. The number of ether oxygens (including phenoxy) is 2. The summed E-state index contributed by atoms with van der Waals surface area (Å²) in [4.78, 5) is 8.72. The predicted octanol–water partition coefficient (Wildman–Crippen LogP) is 3.61. The molecule has 1 heterocycles. The maximum Gasteiger partial charge on any atom is 0.195 e. The van der Waals surface area contributed by atoms with Crippen molar-refractivity contribution in [2.75, 3.05) is 32.7 Å². The third kappa shape index (κ3) is 8.01. The molecule has 0 saturated carbocycles. The molecule has 0 amide bonds. The Morgan fingerprint density at radius 2 is 1.96 bits per heavy atom. The van der Waals surface area contributed by atoms with Crippen LogP contribution in [0.3, 0.4) is 0 Å². The van der Waals surface area contributed by atoms with Crippen LogP contribution in [0.4, 0.5) is 5.69 Å². The number of benzene rings is 1. The molecule has 0 aliphatic carbocycles. The number of anilines is 1. The number of hydrogen-bond acceptors (Lipinski definition) is 4. The lowest BCUT2D eigenvalue weighted by atomic mass is 10.3. The molecule has 0 radical (unpaired) electrons. The van der Waals surface area contributed by atoms with Gasteiger partial charge in [-0.3, -0.25) is 9.98 Å². The second-order valence-corrected chi connectivity index (χ2v) is 5.54. The number of aliphatic imine (C=N–C) groups is 1. The van der Waals surface area contributed by atoms with Crippen molar-refractivity contribution < 1.29 is 9.47 Å². The molecular formula is C19H27IN4O2. The number of pyridine rings is 1. The van der Waals surface area contributed by atoms with E-state index in [0.717, 1.165) is 29.2 Å². The van der Waals surface area contributed by atoms with Crippen molar-refractivity contribution in [2.24, 2.45) is 4.99 Å². The highest BCUT2D eigenvalue weighted by molar-refractivity contribution is 14.0. The molecule has 2 rings (SSSR count). The van der Waals surface area contributed by atoms with Gasteiger partial charge in [-0.1, -0.05) is 12.1 Å². The molecule has 7 heteroatoms. The largest absolute Gasteiger partial charge is 0.493 e. The van der Waals surface area contributed by atoms with Crippen molar-refractivity contribution in [3.8, 4) is 5.75 Å². The molecule has 26 heavy (non-hydrogen) atoms. The van der Waals surface area contributed by atoms with Gasteiger partial charge in [0.1, 0.15) is 5.75 Å². The van der Waals surface area contributed by atoms with Crippen molar-refractivity contribution in [1.29, 1.82) is 0 Å². The van der Waals surface area contributed by atoms with Gasteiger partial charge in [-0.2, -0.15) is 0 Å². The molecule has 0 bridgehead atoms. The van der Waals surface area contributed by atoms with E-state index in [9.17, 15) is 0 Å². The summed E-state index contributed by atoms with van der Waals surface area (Å²) in [6, 6.07) is 13.8. The highest BCUT2D eigenvalue weighted by Gasteiger charge is 2.02. The molecule has 0 saturated heterocycles. The van der Waals surface area contributed by atoms with Crippen molar-refractivity contribution >= 4 is 35.6 Å². The van der Waals surface area contributed by atoms with Crippen molar-refractivity contribution in [2.45, 2.75) is 19.9 Å². The number of nitrogens with one attached hydrogen (secondary N) is 2. The van der Waals surface area contributed by atoms with Crippen LogP contribution < -0.4 is 15.4 Å². The van der Waals surface area contributed by atoms with E-state index in [1.807, 2.05) is 49.4 Å². The standard InChI is InChI=1S/C19H26N4O2.HI/c1-15-7-4-9-17(22-15)14-21-19(20-2)23-16-8-5-10-18(13-16)25-12-6-11-24-3;/h4-5,7-10,13H,6,11-12,14H2,1-3H3,(H2,20,21,23);1H. The summed E-state index contributed by atoms with van der Waals surface area (Å²) in [5.74, 6) is 1.50. The Kier molecular flexibility index (Phi) is 10.6. The van der Waals surface area contributed by atoms with Crippen molar-refractivity contribution in [3.63, 3.8) is 0 Å². The number of rotatable bonds is 8. The van der Waals surface area contributed by atoms with Gasteiger partial charge in [0.2, 0.25) is 0 Å². The average molecular weight is 470 g/mol. The quantitative estimate of drug-likeness (QED) is 0.267. The van der Waals surface area contributed by atoms with Gasteiger partial charge < -0.3 is 20.1 Å². The number of guanidine groups is 1. The first kappa shape index (κ1) is 22.2. The van der Waals surface area contributed by atoms with Crippen LogP contribution in [0.15, 0.2) is 47.5 Å². The predicted molar refractivity (Wildman–Crippen MR) is 117 cm³/mol. The number of aromatic nitrogens is 1. The zero-order chi connectivity index (χ0) is 17.9. The average Bonchev–Trinajstić information content (AvgIpc) is 2.63. The minimum Gasteiger partial charge on any atom is -0.493 e. The van der Waals surface area contributed by atoms with Crippen LogP contribution in [0.1, 0.15) is 17.8 Å². The molecule has 0 unspecified atom stereocenters. The third-order valence-corrected chi connectivity index (χ3v) is 3.46. The van der Waals surface area contributed by atoms with Crippen molar-refractivity contribution in [3.05, 3.63) is 53.9 Å². The number of nitrogens with zero attached hydrogens (tertiary/aromatic N) is 2. The fourth-order valence-electron chi connectivity index (χ4n) is 2.25. The number of methoxy groups -OCH3 is 1. The first-order valence-corrected chi connectivity index (χ1v) is 8.33. The Morgan fingerprint density at radius 3 is 2.69 bits per heavy atom. The van der Waals surface area contributed by atoms with Crippen LogP contribution in [-0.2, 0) is 11.3 Å². The summed E-state index contributed by atoms with van der Waals surface area (Å²) in [6.07, 6.45) is 0.862. The lowest BCUT2D eigenvalue weighted by molar-refractivity contribution is 0.172. The SMILES string of the molecule is CN=C(NCc1cccc(C)n1)Nc1cccc(OCCCOC)c1.I. The normalized spacial score (nSPS) is 10.8. The van der Waals surface area contributed by atoms with E-state index in [4.69, 9.17) is 9.47 Å². The van der Waals surface area contributed by atoms with Crippen LogP contribution in [0.25, 0.3) is 0 Å². The fourth-order valence-corrected chi connectivity index (χ4v) is 2.25. The molecule has 2 N–H and O–H groups in total. The zero-order valence-corrected chi connectivity index (χ0v) is 17.8. The van der Waals surface area contributed by atoms with E-state index in [1.165, 1.54) is 0 Å². The summed E-state index contributed by atoms with van der Waals surface area (Å²) >= 11 is 0. The summed E-state index contributed by atoms with van der Waals surface area (Å²) < 4.78 is 10.7. The highest BCUT2D eigenvalue weighted by Crippen LogP contribution is 2.17. The molecular weight excluding hydrogens is 443 g/mol. The van der Waals surface area contributed by atoms with E-state index in [1.54, 1.807) is 14.2 Å². The first-order valence-electron chi connectivity index (χ1n) is 8.33. The lowest BCUT2D eigenvalue weighted by Gasteiger charge is -2.13. The molecule has 0 fully saturated rings. The summed E-state index contributed by atoms with van der Waals surface area (Å²) in [5, 5.41) is 6.52. The van der Waals surface area contributed by atoms with E-state index in [0.29, 0.717) is 25.7 Å². The third-order valence-electron chi connectivity index (χ3n) is 3.46. The zero-order valence-electron chi connectivity index (χ0n) is 15.5. The van der Waals surface area contributed by atoms with Crippen LogP contribution in [-0.4, -0.2) is 38.3 Å². The van der Waals surface area contributed by atoms with Gasteiger partial charge in [0, 0.05) is 44.6 Å².